The van der Waals surface area contributed by atoms with Crippen LogP contribution in [0.4, 0.5) is 22.1 Å². The van der Waals surface area contributed by atoms with Crippen molar-refractivity contribution < 1.29 is 80.5 Å². The molecule has 3 saturated heterocycles. The van der Waals surface area contributed by atoms with Gasteiger partial charge in [-0.2, -0.15) is 4.98 Å². The highest BCUT2D eigenvalue weighted by Gasteiger charge is 2.54. The Morgan fingerprint density at radius 1 is 0.932 bits per heavy atom. The van der Waals surface area contributed by atoms with E-state index in [9.17, 15) is 43.3 Å². The van der Waals surface area contributed by atoms with Gasteiger partial charge in [0.05, 0.1) is 19.5 Å². The number of hydrogen-bond donors (Lipinski definition) is 7. The summed E-state index contributed by atoms with van der Waals surface area (Å²) in [7, 11) is -10.7. The Labute approximate surface area is 411 Å². The molecular weight excluding hydrogens is 1010 g/mol. The lowest BCUT2D eigenvalue weighted by Crippen LogP contribution is -2.47. The topological polar surface area (TPSA) is 424 Å². The minimum absolute atomic E-state index is 0.0243. The number of aromatic nitrogens is 6. The van der Waals surface area contributed by atoms with Crippen molar-refractivity contribution in [2.24, 2.45) is 5.11 Å². The number of nitrogens with two attached hydrogens (primary N) is 2. The number of alkyl carbamates (subject to hydrolysis) is 1. The lowest BCUT2D eigenvalue weighted by Gasteiger charge is -2.29. The summed E-state index contributed by atoms with van der Waals surface area (Å²) in [6, 6.07) is 14.9. The first kappa shape index (κ1) is 52.9. The maximum Gasteiger partial charge on any atom is 0.472 e. The molecule has 3 aromatic heterocycles. The van der Waals surface area contributed by atoms with Crippen molar-refractivity contribution in [2.75, 3.05) is 31.3 Å². The number of aliphatic hydroxyl groups excluding tert-OH is 1. The first-order valence-electron chi connectivity index (χ1n) is 22.2. The Morgan fingerprint density at radius 2 is 1.67 bits per heavy atom. The second-order valence-corrected chi connectivity index (χ2v) is 19.1. The molecule has 5 aromatic rings. The second-order valence-electron chi connectivity index (χ2n) is 16.5. The highest BCUT2D eigenvalue weighted by molar-refractivity contribution is 7.47. The lowest BCUT2D eigenvalue weighted by molar-refractivity contribution is -0.181. The van der Waals surface area contributed by atoms with Crippen LogP contribution < -0.4 is 22.5 Å². The largest absolute Gasteiger partial charge is 0.472 e. The van der Waals surface area contributed by atoms with Gasteiger partial charge in [-0.25, -0.2) is 38.5 Å². The van der Waals surface area contributed by atoms with Crippen molar-refractivity contribution in [1.29, 1.82) is 0 Å². The van der Waals surface area contributed by atoms with E-state index in [2.05, 4.69) is 35.3 Å². The van der Waals surface area contributed by atoms with E-state index in [1.165, 1.54) is 35.3 Å². The van der Waals surface area contributed by atoms with Crippen LogP contribution in [0.25, 0.3) is 21.6 Å². The zero-order valence-corrected chi connectivity index (χ0v) is 39.8. The van der Waals surface area contributed by atoms with Crippen molar-refractivity contribution in [2.45, 2.75) is 93.7 Å². The van der Waals surface area contributed by atoms with Crippen molar-refractivity contribution in [3.63, 3.8) is 0 Å². The summed E-state index contributed by atoms with van der Waals surface area (Å²) in [6.07, 6.45) is -10.7. The number of phosphoric ester groups is 2. The number of anilines is 2. The quantitative estimate of drug-likeness (QED) is 0.0182. The molecule has 30 nitrogen and oxygen atoms in total. The van der Waals surface area contributed by atoms with Gasteiger partial charge in [0.2, 0.25) is 0 Å². The summed E-state index contributed by atoms with van der Waals surface area (Å²) in [5.41, 5.74) is 21.3. The Hall–Kier alpha value is -6.46. The summed E-state index contributed by atoms with van der Waals surface area (Å²) >= 11 is 0. The van der Waals surface area contributed by atoms with Gasteiger partial charge >= 0.3 is 33.4 Å². The van der Waals surface area contributed by atoms with Gasteiger partial charge in [0.25, 0.3) is 0 Å². The predicted octanol–water partition coefficient (Wildman–Crippen LogP) is 2.32. The molecule has 3 fully saturated rings. The van der Waals surface area contributed by atoms with Crippen LogP contribution in [-0.2, 0) is 68.9 Å². The molecule has 73 heavy (non-hydrogen) atoms. The number of azide groups is 1. The number of hydrogen-bond acceptors (Lipinski definition) is 22. The molecule has 0 bridgehead atoms. The van der Waals surface area contributed by atoms with E-state index in [0.29, 0.717) is 24.1 Å². The Balaban J connectivity index is 1.05. The Bertz CT molecular complexity index is 2940. The summed E-state index contributed by atoms with van der Waals surface area (Å²) in [5, 5.41) is 17.9. The molecule has 32 heteroatoms. The van der Waals surface area contributed by atoms with Crippen LogP contribution in [0.2, 0.25) is 0 Å². The van der Waals surface area contributed by atoms with Gasteiger partial charge in [0.15, 0.2) is 36.3 Å². The van der Waals surface area contributed by atoms with Gasteiger partial charge < -0.3 is 65.0 Å². The van der Waals surface area contributed by atoms with E-state index in [1.807, 2.05) is 0 Å². The van der Waals surface area contributed by atoms with Gasteiger partial charge in [-0.1, -0.05) is 59.7 Å². The third kappa shape index (κ3) is 13.4. The van der Waals surface area contributed by atoms with Gasteiger partial charge in [-0.05, 0) is 42.0 Å². The van der Waals surface area contributed by atoms with Gasteiger partial charge in [0, 0.05) is 29.8 Å². The third-order valence-corrected chi connectivity index (χ3v) is 13.0. The number of ether oxygens (including phenoxy) is 6. The molecular formula is C41H48N12O18P2. The molecule has 0 aliphatic carbocycles. The highest BCUT2D eigenvalue weighted by atomic mass is 31.2. The monoisotopic (exact) mass is 1060 g/mol. The number of nitrogen functional groups attached to an aromatic ring is 2. The molecule has 390 valence electrons. The average Bonchev–Trinajstić information content (AvgIpc) is 4.16. The zero-order chi connectivity index (χ0) is 51.9. The molecule has 11 atom stereocenters. The van der Waals surface area contributed by atoms with E-state index in [0.717, 1.165) is 16.5 Å². The smallest absolute Gasteiger partial charge is 0.455 e. The Kier molecular flexibility index (Phi) is 16.8. The van der Waals surface area contributed by atoms with Crippen molar-refractivity contribution >= 4 is 56.2 Å². The fourth-order valence-electron chi connectivity index (χ4n) is 8.06. The van der Waals surface area contributed by atoms with Crippen molar-refractivity contribution in [3.05, 3.63) is 112 Å². The standard InChI is InChI=1S/C41H48N12O18P2/c42-28-14-15-52(40(56)49-28)38-34(69-29-7-4-16-63-29)33(27(68-38)18-65-72(58,59)60)71-73(61,62)66-19-26-32(31(54)37(67-26)53-21-47-30-35(43)45-20-46-36(30)53)70-39(55)25(13-10-22-5-2-1-3-6-22)48-41(57)64-17-23-8-11-24(12-9-23)50-51-44/h1-3,5-6,8-9,11-12,14-15,20-21,25-27,29,31-34,37-38,54H,4,7,10,13,16-19H2,(H,48,57)(H,61,62)(H2,42,49,56)(H2,43,45,46)(H2,58,59,60)/t25?,26?,27?,29?,31-,32-,33-,34-,37-,38?/m1/s1. The molecule has 6 heterocycles. The number of nitrogens with one attached hydrogen (secondary N) is 1. The minimum Gasteiger partial charge on any atom is -0.455 e. The predicted molar refractivity (Wildman–Crippen MR) is 246 cm³/mol. The number of phosphoric acid groups is 2. The second kappa shape index (κ2) is 23.2. The van der Waals surface area contributed by atoms with E-state index < -0.39 is 108 Å². The number of esters is 1. The molecule has 0 saturated carbocycles. The molecule has 0 spiro atoms. The summed E-state index contributed by atoms with van der Waals surface area (Å²) < 4.78 is 79.1. The minimum atomic E-state index is -5.47. The number of imidazole rings is 1. The molecule has 0 radical (unpaired) electrons. The van der Waals surface area contributed by atoms with Crippen LogP contribution in [0.5, 0.6) is 0 Å². The molecule has 3 aliphatic heterocycles. The SMILES string of the molecule is [N-]=[N+]=Nc1ccc(COC(=O)NC(CCc2ccccc2)C(=O)O[C@@H]2C(COP(=O)(O)O[C@@H]3C(COP(=O)(O)O)OC(n4ccc(N)nc4=O)[C@@H]3OC3CCCO3)O[C@@H](n3cnc4c(N)ncnc43)[C@@H]2O)cc1. The first-order valence-corrected chi connectivity index (χ1v) is 25.2. The fraction of sp³-hybridized carbons (Fsp3) is 0.439. The van der Waals surface area contributed by atoms with Gasteiger partial charge in [0.1, 0.15) is 60.8 Å². The average molecular weight is 1060 g/mol. The maximum absolute atomic E-state index is 14.3. The maximum atomic E-state index is 14.3. The Morgan fingerprint density at radius 3 is 2.38 bits per heavy atom. The van der Waals surface area contributed by atoms with E-state index >= 15 is 0 Å². The molecule has 6 unspecified atom stereocenters. The van der Waals surface area contributed by atoms with Crippen LogP contribution in [0, 0.1) is 0 Å². The fourth-order valence-corrected chi connectivity index (χ4v) is 9.36. The van der Waals surface area contributed by atoms with Crippen LogP contribution in [0.3, 0.4) is 0 Å². The number of carbonyl (C=O) groups is 2. The van der Waals surface area contributed by atoms with Crippen LogP contribution in [0.15, 0.2) is 89.4 Å². The lowest BCUT2D eigenvalue weighted by atomic mass is 10.0. The number of amides is 1. The number of fused-ring (bicyclic) bond motifs is 1. The van der Waals surface area contributed by atoms with Crippen LogP contribution in [0.1, 0.15) is 42.8 Å². The van der Waals surface area contributed by atoms with Crippen LogP contribution >= 0.6 is 15.6 Å². The molecule has 9 N–H and O–H groups in total. The molecule has 2 aromatic carbocycles. The number of carbonyl (C=O) groups excluding carboxylic acids is 2. The first-order chi connectivity index (χ1) is 34.9. The normalized spacial score (nSPS) is 25.2. The molecule has 1 amide bonds. The number of benzene rings is 2. The number of nitrogens with zero attached hydrogens (tertiary/aromatic N) is 9. The number of aliphatic hydroxyl groups is 1. The number of rotatable bonds is 21. The van der Waals surface area contributed by atoms with Crippen molar-refractivity contribution in [1.82, 2.24) is 34.4 Å². The van der Waals surface area contributed by atoms with E-state index in [1.54, 1.807) is 42.5 Å². The summed E-state index contributed by atoms with van der Waals surface area (Å²) in [4.78, 5) is 89.9. The number of aryl methyl sites for hydroxylation is 1. The molecule has 8 rings (SSSR count). The highest BCUT2D eigenvalue weighted by Crippen LogP contribution is 2.51. The van der Waals surface area contributed by atoms with E-state index in [-0.39, 0.29) is 48.9 Å². The summed E-state index contributed by atoms with van der Waals surface area (Å²) in [6.45, 7) is -1.94. The molecule has 3 aliphatic rings. The third-order valence-electron chi connectivity index (χ3n) is 11.5. The van der Waals surface area contributed by atoms with Gasteiger partial charge in [-0.3, -0.25) is 22.7 Å². The van der Waals surface area contributed by atoms with Gasteiger partial charge in [-0.15, -0.1) is 0 Å². The zero-order valence-electron chi connectivity index (χ0n) is 38.0. The van der Waals surface area contributed by atoms with E-state index in [4.69, 9.17) is 59.0 Å². The summed E-state index contributed by atoms with van der Waals surface area (Å²) in [5.74, 6) is -1.28. The van der Waals surface area contributed by atoms with Crippen molar-refractivity contribution in [3.8, 4) is 0 Å². The van der Waals surface area contributed by atoms with Crippen LogP contribution in [-0.4, -0.2) is 130 Å².